The van der Waals surface area contributed by atoms with Crippen LogP contribution >= 0.6 is 0 Å². The van der Waals surface area contributed by atoms with E-state index in [4.69, 9.17) is 0 Å². The molecular weight excluding hydrogens is 304 g/mol. The molecule has 1 aromatic heterocycles. The molecule has 0 spiro atoms. The number of anilines is 1. The normalized spacial score (nSPS) is 19.1. The van der Waals surface area contributed by atoms with Gasteiger partial charge in [-0.05, 0) is 31.9 Å². The lowest BCUT2D eigenvalue weighted by Crippen LogP contribution is -2.44. The highest BCUT2D eigenvalue weighted by Gasteiger charge is 2.31. The van der Waals surface area contributed by atoms with E-state index in [9.17, 15) is 9.90 Å². The number of aliphatic hydroxyl groups excluding tert-OH is 1. The second kappa shape index (κ2) is 7.05. The number of imidazole rings is 1. The van der Waals surface area contributed by atoms with Crippen molar-refractivity contribution in [2.24, 2.45) is 13.0 Å². The summed E-state index contributed by atoms with van der Waals surface area (Å²) in [5.74, 6) is 0.657. The SMILES string of the molecule is Cc1ccc(NC(=O)N2CCCC(C(O)c3nccn3C)C2)cc1. The predicted octanol–water partition coefficient (Wildman–Crippen LogP) is 2.71. The molecule has 0 aliphatic carbocycles. The molecule has 24 heavy (non-hydrogen) atoms. The van der Waals surface area contributed by atoms with Crippen LogP contribution < -0.4 is 5.32 Å². The van der Waals surface area contributed by atoms with Crippen LogP contribution in [-0.2, 0) is 7.05 Å². The number of hydrogen-bond acceptors (Lipinski definition) is 3. The Kier molecular flexibility index (Phi) is 4.85. The summed E-state index contributed by atoms with van der Waals surface area (Å²) in [5, 5.41) is 13.5. The van der Waals surface area contributed by atoms with Crippen LogP contribution in [0.25, 0.3) is 0 Å². The lowest BCUT2D eigenvalue weighted by Gasteiger charge is -2.34. The van der Waals surface area contributed by atoms with Gasteiger partial charge in [0.2, 0.25) is 0 Å². The van der Waals surface area contributed by atoms with Crippen molar-refractivity contribution < 1.29 is 9.90 Å². The standard InChI is InChI=1S/C18H24N4O2/c1-13-5-7-15(8-6-13)20-18(24)22-10-3-4-14(12-22)16(23)17-19-9-11-21(17)2/h5-9,11,14,16,23H,3-4,10,12H2,1-2H3,(H,20,24). The van der Waals surface area contributed by atoms with Crippen molar-refractivity contribution in [3.05, 3.63) is 48.0 Å². The average molecular weight is 328 g/mol. The molecule has 0 radical (unpaired) electrons. The van der Waals surface area contributed by atoms with Crippen molar-refractivity contribution >= 4 is 11.7 Å². The summed E-state index contributed by atoms with van der Waals surface area (Å²) in [6, 6.07) is 7.63. The van der Waals surface area contributed by atoms with Gasteiger partial charge in [-0.15, -0.1) is 0 Å². The second-order valence-corrected chi connectivity index (χ2v) is 6.49. The van der Waals surface area contributed by atoms with Crippen molar-refractivity contribution in [1.82, 2.24) is 14.5 Å². The highest BCUT2D eigenvalue weighted by Crippen LogP contribution is 2.29. The average Bonchev–Trinajstić information content (AvgIpc) is 3.02. The van der Waals surface area contributed by atoms with Crippen molar-refractivity contribution in [3.8, 4) is 0 Å². The number of carbonyl (C=O) groups excluding carboxylic acids is 1. The van der Waals surface area contributed by atoms with Gasteiger partial charge in [0.15, 0.2) is 0 Å². The Balaban J connectivity index is 1.63. The first-order chi connectivity index (χ1) is 11.5. The summed E-state index contributed by atoms with van der Waals surface area (Å²) >= 11 is 0. The third-order valence-electron chi connectivity index (χ3n) is 4.62. The lowest BCUT2D eigenvalue weighted by atomic mass is 9.92. The van der Waals surface area contributed by atoms with E-state index in [1.54, 1.807) is 11.1 Å². The minimum absolute atomic E-state index is 0.00335. The van der Waals surface area contributed by atoms with Gasteiger partial charge in [-0.3, -0.25) is 0 Å². The Hall–Kier alpha value is -2.34. The van der Waals surface area contributed by atoms with E-state index in [0.29, 0.717) is 18.9 Å². The first kappa shape index (κ1) is 16.5. The molecule has 1 aromatic carbocycles. The number of nitrogens with zero attached hydrogens (tertiary/aromatic N) is 3. The van der Waals surface area contributed by atoms with Crippen molar-refractivity contribution in [2.45, 2.75) is 25.9 Å². The largest absolute Gasteiger partial charge is 0.385 e. The molecule has 3 rings (SSSR count). The van der Waals surface area contributed by atoms with Gasteiger partial charge in [0, 0.05) is 44.1 Å². The third kappa shape index (κ3) is 3.59. The molecular formula is C18H24N4O2. The smallest absolute Gasteiger partial charge is 0.321 e. The van der Waals surface area contributed by atoms with E-state index >= 15 is 0 Å². The quantitative estimate of drug-likeness (QED) is 0.910. The Labute approximate surface area is 142 Å². The zero-order chi connectivity index (χ0) is 17.1. The first-order valence-corrected chi connectivity index (χ1v) is 8.32. The number of carbonyl (C=O) groups is 1. The van der Waals surface area contributed by atoms with E-state index in [0.717, 1.165) is 24.1 Å². The number of likely N-dealkylation sites (tertiary alicyclic amines) is 1. The summed E-state index contributed by atoms with van der Waals surface area (Å²) < 4.78 is 1.83. The highest BCUT2D eigenvalue weighted by molar-refractivity contribution is 5.89. The molecule has 2 N–H and O–H groups in total. The van der Waals surface area contributed by atoms with Gasteiger partial charge in [-0.1, -0.05) is 17.7 Å². The monoisotopic (exact) mass is 328 g/mol. The Morgan fingerprint density at radius 2 is 2.12 bits per heavy atom. The fourth-order valence-corrected chi connectivity index (χ4v) is 3.16. The fourth-order valence-electron chi connectivity index (χ4n) is 3.16. The number of urea groups is 1. The van der Waals surface area contributed by atoms with Crippen LogP contribution in [0.4, 0.5) is 10.5 Å². The lowest BCUT2D eigenvalue weighted by molar-refractivity contribution is 0.0552. The highest BCUT2D eigenvalue weighted by atomic mass is 16.3. The van der Waals surface area contributed by atoms with Crippen LogP contribution in [0.3, 0.4) is 0 Å². The Morgan fingerprint density at radius 1 is 1.38 bits per heavy atom. The van der Waals surface area contributed by atoms with Crippen LogP contribution in [0.5, 0.6) is 0 Å². The molecule has 128 valence electrons. The number of aliphatic hydroxyl groups is 1. The number of aryl methyl sites for hydroxylation is 2. The van der Waals surface area contributed by atoms with Crippen LogP contribution in [-0.4, -0.2) is 38.7 Å². The molecule has 6 heteroatoms. The zero-order valence-electron chi connectivity index (χ0n) is 14.1. The van der Waals surface area contributed by atoms with Crippen molar-refractivity contribution in [3.63, 3.8) is 0 Å². The Morgan fingerprint density at radius 3 is 2.79 bits per heavy atom. The number of piperidine rings is 1. The van der Waals surface area contributed by atoms with Crippen molar-refractivity contribution in [2.75, 3.05) is 18.4 Å². The molecule has 2 unspecified atom stereocenters. The molecule has 1 saturated heterocycles. The predicted molar refractivity (Wildman–Crippen MR) is 92.7 cm³/mol. The van der Waals surface area contributed by atoms with Gasteiger partial charge in [-0.25, -0.2) is 9.78 Å². The number of benzene rings is 1. The maximum Gasteiger partial charge on any atom is 0.321 e. The summed E-state index contributed by atoms with van der Waals surface area (Å²) in [6.45, 7) is 3.26. The number of rotatable bonds is 3. The summed E-state index contributed by atoms with van der Waals surface area (Å²) in [7, 11) is 1.87. The van der Waals surface area contributed by atoms with E-state index in [1.807, 2.05) is 49.0 Å². The van der Waals surface area contributed by atoms with Gasteiger partial charge in [0.1, 0.15) is 11.9 Å². The van der Waals surface area contributed by atoms with E-state index in [-0.39, 0.29) is 11.9 Å². The van der Waals surface area contributed by atoms with Crippen LogP contribution in [0.15, 0.2) is 36.7 Å². The molecule has 1 aliphatic heterocycles. The number of amides is 2. The minimum atomic E-state index is -0.653. The molecule has 2 atom stereocenters. The fraction of sp³-hybridized carbons (Fsp3) is 0.444. The maximum atomic E-state index is 12.5. The summed E-state index contributed by atoms with van der Waals surface area (Å²) in [4.78, 5) is 18.5. The van der Waals surface area contributed by atoms with E-state index < -0.39 is 6.10 Å². The third-order valence-corrected chi connectivity index (χ3v) is 4.62. The minimum Gasteiger partial charge on any atom is -0.385 e. The number of aromatic nitrogens is 2. The van der Waals surface area contributed by atoms with Gasteiger partial charge >= 0.3 is 6.03 Å². The number of nitrogens with one attached hydrogen (secondary N) is 1. The molecule has 0 bridgehead atoms. The van der Waals surface area contributed by atoms with Gasteiger partial charge < -0.3 is 19.9 Å². The van der Waals surface area contributed by atoms with Crippen LogP contribution in [0.1, 0.15) is 30.3 Å². The molecule has 2 amide bonds. The Bertz CT molecular complexity index is 695. The maximum absolute atomic E-state index is 12.5. The van der Waals surface area contributed by atoms with E-state index in [2.05, 4.69) is 10.3 Å². The molecule has 2 heterocycles. The van der Waals surface area contributed by atoms with Crippen LogP contribution in [0, 0.1) is 12.8 Å². The second-order valence-electron chi connectivity index (χ2n) is 6.49. The summed E-state index contributed by atoms with van der Waals surface area (Å²) in [6.07, 6.45) is 4.63. The van der Waals surface area contributed by atoms with Gasteiger partial charge in [0.25, 0.3) is 0 Å². The number of hydrogen-bond donors (Lipinski definition) is 2. The van der Waals surface area contributed by atoms with Crippen LogP contribution in [0.2, 0.25) is 0 Å². The van der Waals surface area contributed by atoms with Gasteiger partial charge in [0.05, 0.1) is 0 Å². The summed E-state index contributed by atoms with van der Waals surface area (Å²) in [5.41, 5.74) is 1.95. The van der Waals surface area contributed by atoms with E-state index in [1.165, 1.54) is 0 Å². The molecule has 6 nitrogen and oxygen atoms in total. The molecule has 0 saturated carbocycles. The molecule has 2 aromatic rings. The molecule has 1 aliphatic rings. The first-order valence-electron chi connectivity index (χ1n) is 8.32. The zero-order valence-corrected chi connectivity index (χ0v) is 14.1. The molecule has 1 fully saturated rings. The van der Waals surface area contributed by atoms with Gasteiger partial charge in [-0.2, -0.15) is 0 Å². The van der Waals surface area contributed by atoms with Crippen molar-refractivity contribution in [1.29, 1.82) is 0 Å². The topological polar surface area (TPSA) is 70.4 Å².